The van der Waals surface area contributed by atoms with Crippen molar-refractivity contribution in [2.45, 2.75) is 26.7 Å². The van der Waals surface area contributed by atoms with Gasteiger partial charge in [0.2, 0.25) is 11.8 Å². The second-order valence-electron chi connectivity index (χ2n) is 5.67. The van der Waals surface area contributed by atoms with Crippen molar-refractivity contribution in [3.05, 3.63) is 41.1 Å². The van der Waals surface area contributed by atoms with Crippen LogP contribution >= 0.6 is 0 Å². The SMILES string of the molecule is COc1nc(NCCCc2nc3c(C)c(C)ccc3[nH]2)ncc1F. The molecular weight excluding hydrogens is 309 g/mol. The third kappa shape index (κ3) is 3.29. The molecule has 24 heavy (non-hydrogen) atoms. The third-order valence-electron chi connectivity index (χ3n) is 4.01. The molecule has 7 heteroatoms. The first kappa shape index (κ1) is 16.2. The normalized spacial score (nSPS) is 11.0. The maximum Gasteiger partial charge on any atom is 0.255 e. The highest BCUT2D eigenvalue weighted by atomic mass is 19.1. The molecule has 0 saturated heterocycles. The van der Waals surface area contributed by atoms with Gasteiger partial charge in [0.15, 0.2) is 0 Å². The molecule has 2 N–H and O–H groups in total. The minimum atomic E-state index is -0.573. The summed E-state index contributed by atoms with van der Waals surface area (Å²) in [6.07, 6.45) is 2.75. The number of fused-ring (bicyclic) bond motifs is 1. The number of methoxy groups -OCH3 is 1. The molecule has 0 aliphatic rings. The second kappa shape index (κ2) is 6.82. The number of benzene rings is 1. The summed E-state index contributed by atoms with van der Waals surface area (Å²) in [5.41, 5.74) is 4.54. The van der Waals surface area contributed by atoms with Crippen molar-refractivity contribution in [1.29, 1.82) is 0 Å². The number of nitrogens with one attached hydrogen (secondary N) is 2. The second-order valence-corrected chi connectivity index (χ2v) is 5.67. The molecule has 126 valence electrons. The first-order valence-corrected chi connectivity index (χ1v) is 7.83. The van der Waals surface area contributed by atoms with E-state index in [4.69, 9.17) is 4.74 Å². The number of hydrogen-bond donors (Lipinski definition) is 2. The molecule has 0 spiro atoms. The van der Waals surface area contributed by atoms with Gasteiger partial charge >= 0.3 is 0 Å². The van der Waals surface area contributed by atoms with Crippen LogP contribution in [0.2, 0.25) is 0 Å². The monoisotopic (exact) mass is 329 g/mol. The number of anilines is 1. The molecule has 1 aromatic carbocycles. The van der Waals surface area contributed by atoms with Crippen molar-refractivity contribution in [3.8, 4) is 5.88 Å². The maximum absolute atomic E-state index is 13.3. The standard InChI is InChI=1S/C17H20FN5O/c1-10-6-7-13-15(11(10)2)22-14(21-13)5-4-8-19-17-20-9-12(18)16(23-17)24-3/h6-7,9H,4-5,8H2,1-3H3,(H,21,22)(H,19,20,23). The molecule has 0 amide bonds. The van der Waals surface area contributed by atoms with Crippen molar-refractivity contribution in [2.24, 2.45) is 0 Å². The van der Waals surface area contributed by atoms with Crippen molar-refractivity contribution in [3.63, 3.8) is 0 Å². The molecule has 2 aromatic heterocycles. The molecule has 2 heterocycles. The summed E-state index contributed by atoms with van der Waals surface area (Å²) in [7, 11) is 1.38. The topological polar surface area (TPSA) is 75.7 Å². The van der Waals surface area contributed by atoms with Crippen LogP contribution in [0.15, 0.2) is 18.3 Å². The van der Waals surface area contributed by atoms with E-state index in [2.05, 4.69) is 51.2 Å². The van der Waals surface area contributed by atoms with Crippen LogP contribution in [0, 0.1) is 19.7 Å². The molecule has 0 bridgehead atoms. The zero-order valence-electron chi connectivity index (χ0n) is 14.0. The highest BCUT2D eigenvalue weighted by molar-refractivity contribution is 5.79. The predicted molar refractivity (Wildman–Crippen MR) is 90.9 cm³/mol. The van der Waals surface area contributed by atoms with Crippen LogP contribution in [-0.4, -0.2) is 33.6 Å². The van der Waals surface area contributed by atoms with Gasteiger partial charge in [0.05, 0.1) is 24.3 Å². The van der Waals surface area contributed by atoms with Gasteiger partial charge in [-0.15, -0.1) is 0 Å². The molecule has 0 unspecified atom stereocenters. The highest BCUT2D eigenvalue weighted by Crippen LogP contribution is 2.19. The lowest BCUT2D eigenvalue weighted by atomic mass is 10.1. The number of rotatable bonds is 6. The van der Waals surface area contributed by atoms with Crippen LogP contribution < -0.4 is 10.1 Å². The molecule has 0 aliphatic carbocycles. The summed E-state index contributed by atoms with van der Waals surface area (Å²) < 4.78 is 18.1. The van der Waals surface area contributed by atoms with Gasteiger partial charge in [-0.25, -0.2) is 9.97 Å². The Morgan fingerprint density at radius 3 is 2.88 bits per heavy atom. The summed E-state index contributed by atoms with van der Waals surface area (Å²) in [5.74, 6) is 0.675. The molecular formula is C17H20FN5O. The number of hydrogen-bond acceptors (Lipinski definition) is 5. The Morgan fingerprint density at radius 1 is 1.25 bits per heavy atom. The number of H-pyrrole nitrogens is 1. The lowest BCUT2D eigenvalue weighted by molar-refractivity contribution is 0.368. The lowest BCUT2D eigenvalue weighted by Gasteiger charge is -2.05. The smallest absolute Gasteiger partial charge is 0.255 e. The van der Waals surface area contributed by atoms with Gasteiger partial charge in [0.1, 0.15) is 5.82 Å². The molecule has 6 nitrogen and oxygen atoms in total. The Hall–Kier alpha value is -2.70. The number of ether oxygens (including phenoxy) is 1. The van der Waals surface area contributed by atoms with Crippen molar-refractivity contribution >= 4 is 17.0 Å². The number of halogens is 1. The van der Waals surface area contributed by atoms with Gasteiger partial charge in [-0.2, -0.15) is 9.37 Å². The van der Waals surface area contributed by atoms with Crippen LogP contribution in [0.5, 0.6) is 5.88 Å². The van der Waals surface area contributed by atoms with E-state index in [1.165, 1.54) is 18.2 Å². The molecule has 0 atom stereocenters. The first-order chi connectivity index (χ1) is 11.6. The fraction of sp³-hybridized carbons (Fsp3) is 0.353. The minimum Gasteiger partial charge on any atom is -0.479 e. The van der Waals surface area contributed by atoms with E-state index < -0.39 is 5.82 Å². The van der Waals surface area contributed by atoms with Crippen LogP contribution in [0.1, 0.15) is 23.4 Å². The average molecular weight is 329 g/mol. The predicted octanol–water partition coefficient (Wildman–Crippen LogP) is 3.16. The summed E-state index contributed by atoms with van der Waals surface area (Å²) in [4.78, 5) is 15.9. The van der Waals surface area contributed by atoms with E-state index in [0.717, 1.165) is 35.9 Å². The molecule has 0 aliphatic heterocycles. The molecule has 3 rings (SSSR count). The fourth-order valence-corrected chi connectivity index (χ4v) is 2.52. The van der Waals surface area contributed by atoms with Crippen LogP contribution in [0.3, 0.4) is 0 Å². The fourth-order valence-electron chi connectivity index (χ4n) is 2.52. The van der Waals surface area contributed by atoms with Crippen molar-refractivity contribution < 1.29 is 9.13 Å². The van der Waals surface area contributed by atoms with E-state index in [1.807, 2.05) is 0 Å². The Kier molecular flexibility index (Phi) is 4.59. The van der Waals surface area contributed by atoms with Gasteiger partial charge in [0.25, 0.3) is 5.88 Å². The molecule has 0 saturated carbocycles. The Bertz CT molecular complexity index is 862. The van der Waals surface area contributed by atoms with E-state index in [0.29, 0.717) is 12.5 Å². The largest absolute Gasteiger partial charge is 0.479 e. The Labute approximate surface area is 139 Å². The number of aryl methyl sites for hydroxylation is 3. The summed E-state index contributed by atoms with van der Waals surface area (Å²) >= 11 is 0. The lowest BCUT2D eigenvalue weighted by Crippen LogP contribution is -2.08. The van der Waals surface area contributed by atoms with Gasteiger partial charge in [0, 0.05) is 13.0 Å². The average Bonchev–Trinajstić information content (AvgIpc) is 3.00. The van der Waals surface area contributed by atoms with Gasteiger partial charge < -0.3 is 15.0 Å². The van der Waals surface area contributed by atoms with Gasteiger partial charge in [-0.1, -0.05) is 6.07 Å². The number of nitrogens with zero attached hydrogens (tertiary/aromatic N) is 3. The van der Waals surface area contributed by atoms with E-state index in [9.17, 15) is 4.39 Å². The van der Waals surface area contributed by atoms with E-state index >= 15 is 0 Å². The quantitative estimate of drug-likeness (QED) is 0.679. The highest BCUT2D eigenvalue weighted by Gasteiger charge is 2.08. The van der Waals surface area contributed by atoms with Gasteiger partial charge in [-0.3, -0.25) is 0 Å². The number of aromatic nitrogens is 4. The van der Waals surface area contributed by atoms with Crippen molar-refractivity contribution in [2.75, 3.05) is 19.0 Å². The summed E-state index contributed by atoms with van der Waals surface area (Å²) in [6.45, 7) is 4.83. The zero-order valence-corrected chi connectivity index (χ0v) is 14.0. The number of imidazole rings is 1. The zero-order chi connectivity index (χ0) is 17.1. The molecule has 0 radical (unpaired) electrons. The summed E-state index contributed by atoms with van der Waals surface area (Å²) in [5, 5.41) is 3.06. The summed E-state index contributed by atoms with van der Waals surface area (Å²) in [6, 6.07) is 4.16. The molecule has 3 aromatic rings. The maximum atomic E-state index is 13.3. The number of aromatic amines is 1. The van der Waals surface area contributed by atoms with Crippen molar-refractivity contribution in [1.82, 2.24) is 19.9 Å². The van der Waals surface area contributed by atoms with E-state index in [-0.39, 0.29) is 5.88 Å². The van der Waals surface area contributed by atoms with Gasteiger partial charge in [-0.05, 0) is 37.5 Å². The third-order valence-corrected chi connectivity index (χ3v) is 4.01. The van der Waals surface area contributed by atoms with Crippen LogP contribution in [-0.2, 0) is 6.42 Å². The minimum absolute atomic E-state index is 0.0596. The van der Waals surface area contributed by atoms with E-state index in [1.54, 1.807) is 0 Å². The first-order valence-electron chi connectivity index (χ1n) is 7.83. The Balaban J connectivity index is 1.58. The van der Waals surface area contributed by atoms with Crippen LogP contribution in [0.4, 0.5) is 10.3 Å². The van der Waals surface area contributed by atoms with Crippen LogP contribution in [0.25, 0.3) is 11.0 Å². The molecule has 0 fully saturated rings. The Morgan fingerprint density at radius 2 is 2.08 bits per heavy atom.